The summed E-state index contributed by atoms with van der Waals surface area (Å²) < 4.78 is 3.74. The van der Waals surface area contributed by atoms with Crippen LogP contribution in [0.5, 0.6) is 0 Å². The van der Waals surface area contributed by atoms with Gasteiger partial charge in [0.2, 0.25) is 0 Å². The van der Waals surface area contributed by atoms with E-state index in [1.165, 1.54) is 5.56 Å². The lowest BCUT2D eigenvalue weighted by molar-refractivity contribution is 0.0721. The summed E-state index contributed by atoms with van der Waals surface area (Å²) >= 11 is 0. The van der Waals surface area contributed by atoms with E-state index in [0.29, 0.717) is 5.56 Å². The van der Waals surface area contributed by atoms with Gasteiger partial charge in [0, 0.05) is 18.9 Å². The Kier molecular flexibility index (Phi) is 4.32. The molecule has 3 heterocycles. The van der Waals surface area contributed by atoms with Crippen LogP contribution >= 0.6 is 0 Å². The maximum atomic E-state index is 13.1. The Morgan fingerprint density at radius 2 is 2.00 bits per heavy atom. The van der Waals surface area contributed by atoms with Gasteiger partial charge in [0.05, 0.1) is 35.7 Å². The van der Waals surface area contributed by atoms with E-state index < -0.39 is 0 Å². The molecule has 0 aliphatic carbocycles. The first-order valence-corrected chi connectivity index (χ1v) is 9.03. The van der Waals surface area contributed by atoms with Crippen molar-refractivity contribution in [3.05, 3.63) is 65.7 Å². The van der Waals surface area contributed by atoms with Gasteiger partial charge >= 0.3 is 0 Å². The summed E-state index contributed by atoms with van der Waals surface area (Å²) in [6, 6.07) is 10.3. The smallest absolute Gasteiger partial charge is 0.257 e. The summed E-state index contributed by atoms with van der Waals surface area (Å²) in [6.07, 6.45) is 7.46. The van der Waals surface area contributed by atoms with Gasteiger partial charge in [0.1, 0.15) is 0 Å². The number of aromatic nitrogens is 4. The van der Waals surface area contributed by atoms with Crippen LogP contribution in [-0.4, -0.2) is 43.0 Å². The molecule has 1 amide bonds. The SMILES string of the molecule is Cc1ccc(-n2ncc(C(=O)N3CCCC3Cn3cccn3)c2C)cc1. The minimum absolute atomic E-state index is 0.0653. The summed E-state index contributed by atoms with van der Waals surface area (Å²) in [5, 5.41) is 8.74. The van der Waals surface area contributed by atoms with E-state index in [1.807, 2.05) is 45.6 Å². The van der Waals surface area contributed by atoms with Crippen LogP contribution in [-0.2, 0) is 6.54 Å². The molecule has 1 aromatic carbocycles. The molecular weight excluding hydrogens is 326 g/mol. The highest BCUT2D eigenvalue weighted by atomic mass is 16.2. The van der Waals surface area contributed by atoms with E-state index in [9.17, 15) is 4.79 Å². The summed E-state index contributed by atoms with van der Waals surface area (Å²) in [7, 11) is 0. The molecule has 26 heavy (non-hydrogen) atoms. The van der Waals surface area contributed by atoms with Crippen LogP contribution in [0.25, 0.3) is 5.69 Å². The van der Waals surface area contributed by atoms with Crippen molar-refractivity contribution in [2.24, 2.45) is 0 Å². The molecule has 1 saturated heterocycles. The lowest BCUT2D eigenvalue weighted by Crippen LogP contribution is -2.38. The zero-order valence-electron chi connectivity index (χ0n) is 15.2. The Morgan fingerprint density at radius 3 is 2.73 bits per heavy atom. The Labute approximate surface area is 153 Å². The fraction of sp³-hybridized carbons (Fsp3) is 0.350. The molecule has 2 aromatic heterocycles. The average Bonchev–Trinajstić information content (AvgIpc) is 3.37. The van der Waals surface area contributed by atoms with Gasteiger partial charge in [-0.3, -0.25) is 9.48 Å². The summed E-state index contributed by atoms with van der Waals surface area (Å²) in [6.45, 7) is 5.55. The maximum absolute atomic E-state index is 13.1. The van der Waals surface area contributed by atoms with E-state index >= 15 is 0 Å². The summed E-state index contributed by atoms with van der Waals surface area (Å²) in [4.78, 5) is 15.1. The van der Waals surface area contributed by atoms with Crippen molar-refractivity contribution < 1.29 is 4.79 Å². The van der Waals surface area contributed by atoms with Crippen LogP contribution in [0, 0.1) is 13.8 Å². The number of amides is 1. The van der Waals surface area contributed by atoms with Gasteiger partial charge in [-0.25, -0.2) is 4.68 Å². The van der Waals surface area contributed by atoms with Crippen LogP contribution < -0.4 is 0 Å². The van der Waals surface area contributed by atoms with Crippen molar-refractivity contribution in [1.82, 2.24) is 24.5 Å². The topological polar surface area (TPSA) is 56.0 Å². The number of aryl methyl sites for hydroxylation is 1. The van der Waals surface area contributed by atoms with E-state index in [0.717, 1.165) is 37.3 Å². The van der Waals surface area contributed by atoms with Crippen molar-refractivity contribution in [1.29, 1.82) is 0 Å². The zero-order valence-corrected chi connectivity index (χ0v) is 15.2. The highest BCUT2D eigenvalue weighted by Crippen LogP contribution is 2.23. The molecule has 1 unspecified atom stereocenters. The molecule has 0 radical (unpaired) electrons. The maximum Gasteiger partial charge on any atom is 0.257 e. The van der Waals surface area contributed by atoms with Crippen LogP contribution in [0.3, 0.4) is 0 Å². The fourth-order valence-electron chi connectivity index (χ4n) is 3.64. The molecule has 4 rings (SSSR count). The van der Waals surface area contributed by atoms with E-state index in [2.05, 4.69) is 29.3 Å². The van der Waals surface area contributed by atoms with Crippen molar-refractivity contribution in [3.63, 3.8) is 0 Å². The Balaban J connectivity index is 1.57. The monoisotopic (exact) mass is 349 g/mol. The number of nitrogens with zero attached hydrogens (tertiary/aromatic N) is 5. The van der Waals surface area contributed by atoms with Gasteiger partial charge in [0.25, 0.3) is 5.91 Å². The zero-order chi connectivity index (χ0) is 18.1. The van der Waals surface area contributed by atoms with Crippen molar-refractivity contribution in [3.8, 4) is 5.69 Å². The molecule has 1 aliphatic rings. The van der Waals surface area contributed by atoms with E-state index in [-0.39, 0.29) is 11.9 Å². The van der Waals surface area contributed by atoms with Gasteiger partial charge in [-0.15, -0.1) is 0 Å². The minimum Gasteiger partial charge on any atom is -0.334 e. The van der Waals surface area contributed by atoms with Crippen molar-refractivity contribution in [2.75, 3.05) is 6.54 Å². The van der Waals surface area contributed by atoms with Crippen LogP contribution in [0.2, 0.25) is 0 Å². The van der Waals surface area contributed by atoms with Gasteiger partial charge in [-0.1, -0.05) is 17.7 Å². The Morgan fingerprint density at radius 1 is 1.19 bits per heavy atom. The first-order chi connectivity index (χ1) is 12.6. The third kappa shape index (κ3) is 3.03. The highest BCUT2D eigenvalue weighted by molar-refractivity contribution is 5.95. The number of hydrogen-bond acceptors (Lipinski definition) is 3. The number of carbonyl (C=O) groups excluding carboxylic acids is 1. The van der Waals surface area contributed by atoms with Gasteiger partial charge in [-0.05, 0) is 44.9 Å². The average molecular weight is 349 g/mol. The van der Waals surface area contributed by atoms with Crippen LogP contribution in [0.1, 0.15) is 34.5 Å². The second-order valence-corrected chi connectivity index (χ2v) is 6.91. The molecule has 0 bridgehead atoms. The van der Waals surface area contributed by atoms with E-state index in [4.69, 9.17) is 0 Å². The fourth-order valence-corrected chi connectivity index (χ4v) is 3.64. The number of carbonyl (C=O) groups is 1. The lowest BCUT2D eigenvalue weighted by atomic mass is 10.2. The lowest BCUT2D eigenvalue weighted by Gasteiger charge is -2.24. The predicted octanol–water partition coefficient (Wildman–Crippen LogP) is 2.99. The molecule has 0 saturated carbocycles. The number of benzene rings is 1. The molecule has 3 aromatic rings. The predicted molar refractivity (Wildman–Crippen MR) is 99.3 cm³/mol. The molecule has 6 nitrogen and oxygen atoms in total. The summed E-state index contributed by atoms with van der Waals surface area (Å²) in [5.74, 6) is 0.0653. The number of likely N-dealkylation sites (tertiary alicyclic amines) is 1. The molecule has 1 aliphatic heterocycles. The van der Waals surface area contributed by atoms with Crippen LogP contribution in [0.4, 0.5) is 0 Å². The van der Waals surface area contributed by atoms with Gasteiger partial charge < -0.3 is 4.90 Å². The van der Waals surface area contributed by atoms with Crippen molar-refractivity contribution in [2.45, 2.75) is 39.3 Å². The van der Waals surface area contributed by atoms with Gasteiger partial charge in [-0.2, -0.15) is 10.2 Å². The standard InChI is InChI=1S/C20H23N5O/c1-15-6-8-17(9-7-15)25-16(2)19(13-22-25)20(26)24-12-3-5-18(24)14-23-11-4-10-21-23/h4,6-11,13,18H,3,5,12,14H2,1-2H3. The molecule has 1 atom stereocenters. The molecule has 0 spiro atoms. The molecular formula is C20H23N5O. The largest absolute Gasteiger partial charge is 0.334 e. The molecule has 6 heteroatoms. The normalized spacial score (nSPS) is 17.0. The first kappa shape index (κ1) is 16.6. The third-order valence-electron chi connectivity index (χ3n) is 5.11. The Bertz CT molecular complexity index is 895. The molecule has 134 valence electrons. The van der Waals surface area contributed by atoms with E-state index in [1.54, 1.807) is 12.4 Å². The Hall–Kier alpha value is -2.89. The second-order valence-electron chi connectivity index (χ2n) is 6.91. The quantitative estimate of drug-likeness (QED) is 0.728. The molecule has 1 fully saturated rings. The summed E-state index contributed by atoms with van der Waals surface area (Å²) in [5.41, 5.74) is 3.73. The number of rotatable bonds is 4. The van der Waals surface area contributed by atoms with Crippen LogP contribution in [0.15, 0.2) is 48.9 Å². The van der Waals surface area contributed by atoms with Gasteiger partial charge in [0.15, 0.2) is 0 Å². The highest BCUT2D eigenvalue weighted by Gasteiger charge is 2.31. The third-order valence-corrected chi connectivity index (χ3v) is 5.11. The van der Waals surface area contributed by atoms with Crippen molar-refractivity contribution >= 4 is 5.91 Å². The minimum atomic E-state index is 0.0653. The second kappa shape index (κ2) is 6.78. The first-order valence-electron chi connectivity index (χ1n) is 9.03. The molecule has 0 N–H and O–H groups in total. The number of hydrogen-bond donors (Lipinski definition) is 0.